The molecule has 0 bridgehead atoms. The molecule has 0 fully saturated rings. The molecule has 0 spiro atoms. The smallest absolute Gasteiger partial charge is 0.229 e. The van der Waals surface area contributed by atoms with Crippen molar-refractivity contribution in [2.75, 3.05) is 42.5 Å². The van der Waals surface area contributed by atoms with Gasteiger partial charge in [-0.3, -0.25) is 4.72 Å². The van der Waals surface area contributed by atoms with Crippen LogP contribution in [-0.2, 0) is 10.0 Å². The molecule has 2 aromatic rings. The van der Waals surface area contributed by atoms with Crippen molar-refractivity contribution >= 4 is 57.0 Å². The van der Waals surface area contributed by atoms with Crippen molar-refractivity contribution < 1.29 is 29.2 Å². The second-order valence-corrected chi connectivity index (χ2v) is 8.65. The van der Waals surface area contributed by atoms with Crippen molar-refractivity contribution in [3.63, 3.8) is 0 Å². The Morgan fingerprint density at radius 2 is 1.61 bits per heavy atom. The van der Waals surface area contributed by atoms with Gasteiger partial charge >= 0.3 is 0 Å². The molecule has 0 aromatic heterocycles. The fraction of sp³-hybridized carbons (Fsp3) is 0.333. The topological polar surface area (TPSA) is 163 Å². The van der Waals surface area contributed by atoms with E-state index in [1.54, 1.807) is 42.5 Å². The van der Waals surface area contributed by atoms with E-state index in [9.17, 15) is 13.5 Å². The van der Waals surface area contributed by atoms with Gasteiger partial charge in [0.05, 0.1) is 22.0 Å². The first kappa shape index (κ1) is 31.7. The Morgan fingerprint density at radius 3 is 2.16 bits per heavy atom. The Balaban J connectivity index is 0. The van der Waals surface area contributed by atoms with Crippen LogP contribution in [0.2, 0.25) is 10.0 Å². The summed E-state index contributed by atoms with van der Waals surface area (Å²) in [5.74, 6) is 0.535. The van der Waals surface area contributed by atoms with Crippen LogP contribution >= 0.6 is 35.6 Å². The van der Waals surface area contributed by atoms with E-state index in [1.807, 2.05) is 0 Å². The highest BCUT2D eigenvalue weighted by atomic mass is 35.5. The molecule has 1 atom stereocenters. The Morgan fingerprint density at radius 1 is 1.03 bits per heavy atom. The quantitative estimate of drug-likeness (QED) is 0.329. The lowest BCUT2D eigenvalue weighted by Crippen LogP contribution is -2.34. The van der Waals surface area contributed by atoms with Gasteiger partial charge in [-0.15, -0.1) is 12.4 Å². The van der Waals surface area contributed by atoms with Crippen LogP contribution in [0, 0.1) is 0 Å². The molecule has 0 aliphatic heterocycles. The highest BCUT2D eigenvalue weighted by Gasteiger charge is 2.07. The van der Waals surface area contributed by atoms with Crippen LogP contribution in [0.25, 0.3) is 0 Å². The normalized spacial score (nSPS) is 11.2. The summed E-state index contributed by atoms with van der Waals surface area (Å²) in [6.45, 7) is 1.65. The highest BCUT2D eigenvalue weighted by Crippen LogP contribution is 2.29. The third-order valence-corrected chi connectivity index (χ3v) is 4.78. The van der Waals surface area contributed by atoms with E-state index in [0.717, 1.165) is 6.26 Å². The third-order valence-electron chi connectivity index (χ3n) is 3.55. The van der Waals surface area contributed by atoms with Gasteiger partial charge in [0.25, 0.3) is 0 Å². The summed E-state index contributed by atoms with van der Waals surface area (Å²) < 4.78 is 30.2. The van der Waals surface area contributed by atoms with Crippen LogP contribution in [-0.4, -0.2) is 63.1 Å². The number of halogens is 3. The zero-order chi connectivity index (χ0) is 20.6. The summed E-state index contributed by atoms with van der Waals surface area (Å²) in [5, 5.41) is 17.3. The second kappa shape index (κ2) is 15.3. The number of sulfonamides is 1. The predicted molar refractivity (Wildman–Crippen MR) is 129 cm³/mol. The van der Waals surface area contributed by atoms with Crippen molar-refractivity contribution in [3.8, 4) is 5.75 Å². The number of benzene rings is 2. The van der Waals surface area contributed by atoms with E-state index in [2.05, 4.69) is 15.4 Å². The van der Waals surface area contributed by atoms with Crippen molar-refractivity contribution in [1.29, 1.82) is 0 Å². The maximum Gasteiger partial charge on any atom is 0.229 e. The third kappa shape index (κ3) is 12.2. The van der Waals surface area contributed by atoms with Crippen LogP contribution in [0.15, 0.2) is 42.5 Å². The molecular formula is C18H28Cl3N3O6S. The molecule has 0 aliphatic rings. The standard InChI is InChI=1S/C18H23Cl2N3O4S.ClH.2H2O/c1-28(25,26)23-13-5-7-15(8-6-13)27-12-14(24)11-21-9-10-22-18-16(19)3-2-4-17(18)20;;;/h2-8,14,21-24H,9-12H2,1H3;1H;2*1H2. The first-order valence-corrected chi connectivity index (χ1v) is 11.2. The molecule has 2 rings (SSSR count). The van der Waals surface area contributed by atoms with Gasteiger partial charge in [-0.05, 0) is 36.4 Å². The fourth-order valence-electron chi connectivity index (χ4n) is 2.30. The molecule has 178 valence electrons. The minimum Gasteiger partial charge on any atom is -0.491 e. The molecule has 0 amide bonds. The summed E-state index contributed by atoms with van der Waals surface area (Å²) in [4.78, 5) is 0. The fourth-order valence-corrected chi connectivity index (χ4v) is 3.39. The largest absolute Gasteiger partial charge is 0.491 e. The van der Waals surface area contributed by atoms with Crippen LogP contribution < -0.4 is 20.1 Å². The summed E-state index contributed by atoms with van der Waals surface area (Å²) >= 11 is 12.2. The second-order valence-electron chi connectivity index (χ2n) is 6.09. The van der Waals surface area contributed by atoms with Gasteiger partial charge in [-0.2, -0.15) is 0 Å². The van der Waals surface area contributed by atoms with Gasteiger partial charge in [0.15, 0.2) is 0 Å². The summed E-state index contributed by atoms with van der Waals surface area (Å²) in [7, 11) is -3.31. The van der Waals surface area contributed by atoms with E-state index >= 15 is 0 Å². The molecule has 2 aromatic carbocycles. The van der Waals surface area contributed by atoms with Gasteiger partial charge < -0.3 is 31.4 Å². The number of para-hydroxylation sites is 1. The molecular weight excluding hydrogens is 493 g/mol. The minimum atomic E-state index is -3.31. The Kier molecular flexibility index (Phi) is 15.7. The van der Waals surface area contributed by atoms with Crippen molar-refractivity contribution in [2.24, 2.45) is 0 Å². The molecule has 31 heavy (non-hydrogen) atoms. The first-order valence-electron chi connectivity index (χ1n) is 8.52. The van der Waals surface area contributed by atoms with Crippen molar-refractivity contribution in [2.45, 2.75) is 6.10 Å². The molecule has 0 saturated heterocycles. The Hall–Kier alpha value is -1.50. The summed E-state index contributed by atoms with van der Waals surface area (Å²) in [6.07, 6.45) is 0.386. The monoisotopic (exact) mass is 519 g/mol. The van der Waals surface area contributed by atoms with Gasteiger partial charge in [0, 0.05) is 25.3 Å². The number of hydrogen-bond acceptors (Lipinski definition) is 6. The highest BCUT2D eigenvalue weighted by molar-refractivity contribution is 7.92. The summed E-state index contributed by atoms with van der Waals surface area (Å²) in [5.41, 5.74) is 1.13. The van der Waals surface area contributed by atoms with E-state index in [0.29, 0.717) is 46.8 Å². The van der Waals surface area contributed by atoms with E-state index in [4.69, 9.17) is 27.9 Å². The number of ether oxygens (including phenoxy) is 1. The van der Waals surface area contributed by atoms with Crippen molar-refractivity contribution in [3.05, 3.63) is 52.5 Å². The number of rotatable bonds is 11. The molecule has 1 unspecified atom stereocenters. The van der Waals surface area contributed by atoms with E-state index < -0.39 is 16.1 Å². The SMILES string of the molecule is CS(=O)(=O)Nc1ccc(OCC(O)CNCCNc2c(Cl)cccc2Cl)cc1.Cl.O.O. The van der Waals surface area contributed by atoms with Gasteiger partial charge in [0.2, 0.25) is 10.0 Å². The van der Waals surface area contributed by atoms with Crippen LogP contribution in [0.1, 0.15) is 0 Å². The number of nitrogens with one attached hydrogen (secondary N) is 3. The lowest BCUT2D eigenvalue weighted by atomic mass is 10.3. The first-order chi connectivity index (χ1) is 13.2. The molecule has 13 heteroatoms. The minimum absolute atomic E-state index is 0. The Bertz CT molecular complexity index is 852. The van der Waals surface area contributed by atoms with Crippen molar-refractivity contribution in [1.82, 2.24) is 5.32 Å². The maximum absolute atomic E-state index is 11.2. The number of hydrogen-bond donors (Lipinski definition) is 4. The Labute approximate surface area is 198 Å². The average Bonchev–Trinajstić information content (AvgIpc) is 2.62. The number of aliphatic hydroxyl groups is 1. The maximum atomic E-state index is 11.2. The lowest BCUT2D eigenvalue weighted by molar-refractivity contribution is 0.107. The molecule has 0 aliphatic carbocycles. The van der Waals surface area contributed by atoms with Crippen LogP contribution in [0.3, 0.4) is 0 Å². The van der Waals surface area contributed by atoms with E-state index in [1.165, 1.54) is 0 Å². The molecule has 0 radical (unpaired) electrons. The molecule has 0 saturated carbocycles. The zero-order valence-corrected chi connectivity index (χ0v) is 19.8. The molecule has 9 nitrogen and oxygen atoms in total. The number of aliphatic hydroxyl groups excluding tert-OH is 1. The van der Waals surface area contributed by atoms with Gasteiger partial charge in [-0.25, -0.2) is 8.42 Å². The molecule has 8 N–H and O–H groups in total. The lowest BCUT2D eigenvalue weighted by Gasteiger charge is -2.15. The van der Waals surface area contributed by atoms with Gasteiger partial charge in [-0.1, -0.05) is 29.3 Å². The van der Waals surface area contributed by atoms with Crippen LogP contribution in [0.5, 0.6) is 5.75 Å². The number of anilines is 2. The van der Waals surface area contributed by atoms with E-state index in [-0.39, 0.29) is 30.0 Å². The zero-order valence-electron chi connectivity index (χ0n) is 16.7. The average molecular weight is 521 g/mol. The predicted octanol–water partition coefficient (Wildman–Crippen LogP) is 1.58. The van der Waals surface area contributed by atoms with Crippen LogP contribution in [0.4, 0.5) is 11.4 Å². The molecule has 0 heterocycles. The van der Waals surface area contributed by atoms with Gasteiger partial charge in [0.1, 0.15) is 18.5 Å². The summed E-state index contributed by atoms with van der Waals surface area (Å²) in [6, 6.07) is 11.7.